The van der Waals surface area contributed by atoms with Crippen LogP contribution in [0.25, 0.3) is 0 Å². The maximum absolute atomic E-state index is 5.56. The van der Waals surface area contributed by atoms with Gasteiger partial charge in [-0.1, -0.05) is 22.0 Å². The summed E-state index contributed by atoms with van der Waals surface area (Å²) in [6.45, 7) is 0.492. The molecule has 1 aromatic carbocycles. The number of halogens is 1. The van der Waals surface area contributed by atoms with Crippen molar-refractivity contribution in [3.8, 4) is 11.6 Å². The molecular weight excluding hydrogens is 268 g/mol. The van der Waals surface area contributed by atoms with Crippen LogP contribution in [0.2, 0.25) is 0 Å². The first-order valence-electron chi connectivity index (χ1n) is 4.86. The molecule has 4 heteroatoms. The van der Waals surface area contributed by atoms with Crippen LogP contribution in [-0.4, -0.2) is 4.98 Å². The summed E-state index contributed by atoms with van der Waals surface area (Å²) in [6.07, 6.45) is 1.72. The van der Waals surface area contributed by atoms with Gasteiger partial charge in [0.05, 0.1) is 0 Å². The highest BCUT2D eigenvalue weighted by Crippen LogP contribution is 2.21. The third kappa shape index (κ3) is 2.81. The van der Waals surface area contributed by atoms with Gasteiger partial charge in [-0.3, -0.25) is 0 Å². The number of benzene rings is 1. The van der Waals surface area contributed by atoms with Gasteiger partial charge in [-0.15, -0.1) is 0 Å². The van der Waals surface area contributed by atoms with Crippen LogP contribution in [0, 0.1) is 0 Å². The van der Waals surface area contributed by atoms with Crippen molar-refractivity contribution < 1.29 is 4.74 Å². The highest BCUT2D eigenvalue weighted by molar-refractivity contribution is 9.10. The first kappa shape index (κ1) is 11.1. The zero-order chi connectivity index (χ0) is 11.4. The summed E-state index contributed by atoms with van der Waals surface area (Å²) in [6, 6.07) is 11.3. The van der Waals surface area contributed by atoms with Gasteiger partial charge >= 0.3 is 0 Å². The van der Waals surface area contributed by atoms with Gasteiger partial charge in [-0.2, -0.15) is 0 Å². The molecular formula is C12H11BrN2O. The third-order valence-corrected chi connectivity index (χ3v) is 2.60. The van der Waals surface area contributed by atoms with Gasteiger partial charge in [0, 0.05) is 23.3 Å². The van der Waals surface area contributed by atoms with Crippen LogP contribution in [0.1, 0.15) is 5.56 Å². The molecule has 82 valence electrons. The molecule has 0 amide bonds. The summed E-state index contributed by atoms with van der Waals surface area (Å²) in [7, 11) is 0. The van der Waals surface area contributed by atoms with E-state index in [-0.39, 0.29) is 0 Å². The van der Waals surface area contributed by atoms with Crippen molar-refractivity contribution in [2.75, 3.05) is 0 Å². The van der Waals surface area contributed by atoms with E-state index in [1.807, 2.05) is 36.4 Å². The molecule has 2 N–H and O–H groups in total. The summed E-state index contributed by atoms with van der Waals surface area (Å²) < 4.78 is 6.58. The highest BCUT2D eigenvalue weighted by atomic mass is 79.9. The van der Waals surface area contributed by atoms with E-state index in [4.69, 9.17) is 10.5 Å². The average Bonchev–Trinajstić information content (AvgIpc) is 2.33. The Morgan fingerprint density at radius 3 is 2.44 bits per heavy atom. The Morgan fingerprint density at radius 1 is 1.12 bits per heavy atom. The SMILES string of the molecule is NCc1ccc(Oc2ccc(Br)cc2)nc1. The van der Waals surface area contributed by atoms with Crippen molar-refractivity contribution in [1.82, 2.24) is 4.98 Å². The fraction of sp³-hybridized carbons (Fsp3) is 0.0833. The van der Waals surface area contributed by atoms with Gasteiger partial charge in [0.25, 0.3) is 0 Å². The molecule has 0 bridgehead atoms. The predicted octanol–water partition coefficient (Wildman–Crippen LogP) is 3.10. The fourth-order valence-electron chi connectivity index (χ4n) is 1.22. The Labute approximate surface area is 102 Å². The van der Waals surface area contributed by atoms with Crippen LogP contribution in [0.4, 0.5) is 0 Å². The smallest absolute Gasteiger partial charge is 0.219 e. The predicted molar refractivity (Wildman–Crippen MR) is 66.3 cm³/mol. The van der Waals surface area contributed by atoms with E-state index in [0.29, 0.717) is 12.4 Å². The van der Waals surface area contributed by atoms with Gasteiger partial charge < -0.3 is 10.5 Å². The van der Waals surface area contributed by atoms with Crippen molar-refractivity contribution in [3.05, 3.63) is 52.6 Å². The van der Waals surface area contributed by atoms with Crippen LogP contribution < -0.4 is 10.5 Å². The number of hydrogen-bond donors (Lipinski definition) is 1. The molecule has 0 saturated heterocycles. The average molecular weight is 279 g/mol. The molecule has 0 atom stereocenters. The molecule has 3 nitrogen and oxygen atoms in total. The molecule has 0 saturated carbocycles. The fourth-order valence-corrected chi connectivity index (χ4v) is 1.48. The van der Waals surface area contributed by atoms with Gasteiger partial charge in [0.1, 0.15) is 5.75 Å². The minimum Gasteiger partial charge on any atom is -0.439 e. The molecule has 0 radical (unpaired) electrons. The number of rotatable bonds is 3. The van der Waals surface area contributed by atoms with Crippen molar-refractivity contribution in [2.45, 2.75) is 6.54 Å². The lowest BCUT2D eigenvalue weighted by molar-refractivity contribution is 0.462. The number of nitrogens with two attached hydrogens (primary N) is 1. The van der Waals surface area contributed by atoms with Gasteiger partial charge in [0.15, 0.2) is 0 Å². The van der Waals surface area contributed by atoms with E-state index in [1.165, 1.54) is 0 Å². The first-order valence-corrected chi connectivity index (χ1v) is 5.65. The molecule has 0 fully saturated rings. The summed E-state index contributed by atoms with van der Waals surface area (Å²) in [4.78, 5) is 4.15. The summed E-state index contributed by atoms with van der Waals surface area (Å²) in [5.74, 6) is 1.33. The number of hydrogen-bond acceptors (Lipinski definition) is 3. The van der Waals surface area contributed by atoms with E-state index in [9.17, 15) is 0 Å². The van der Waals surface area contributed by atoms with Crippen molar-refractivity contribution in [3.63, 3.8) is 0 Å². The number of nitrogens with zero attached hydrogens (tertiary/aromatic N) is 1. The molecule has 16 heavy (non-hydrogen) atoms. The zero-order valence-corrected chi connectivity index (χ0v) is 10.1. The number of pyridine rings is 1. The number of ether oxygens (including phenoxy) is 1. The van der Waals surface area contributed by atoms with Crippen LogP contribution in [0.5, 0.6) is 11.6 Å². The van der Waals surface area contributed by atoms with Crippen LogP contribution >= 0.6 is 15.9 Å². The second kappa shape index (κ2) is 5.09. The van der Waals surface area contributed by atoms with Gasteiger partial charge in [0.2, 0.25) is 5.88 Å². The summed E-state index contributed by atoms with van der Waals surface area (Å²) in [5.41, 5.74) is 6.47. The standard InChI is InChI=1S/C12H11BrN2O/c13-10-2-4-11(5-3-10)16-12-6-1-9(7-14)8-15-12/h1-6,8H,7,14H2. The van der Waals surface area contributed by atoms with Crippen molar-refractivity contribution in [2.24, 2.45) is 5.73 Å². The molecule has 1 heterocycles. The van der Waals surface area contributed by atoms with Gasteiger partial charge in [-0.25, -0.2) is 4.98 Å². The zero-order valence-electron chi connectivity index (χ0n) is 8.56. The lowest BCUT2D eigenvalue weighted by atomic mass is 10.3. The largest absolute Gasteiger partial charge is 0.439 e. The minimum absolute atomic E-state index is 0.492. The first-order chi connectivity index (χ1) is 7.78. The number of aromatic nitrogens is 1. The molecule has 0 aliphatic heterocycles. The second-order valence-corrected chi connectivity index (χ2v) is 4.18. The highest BCUT2D eigenvalue weighted by Gasteiger charge is 1.98. The molecule has 1 aromatic heterocycles. The van der Waals surface area contributed by atoms with Crippen molar-refractivity contribution in [1.29, 1.82) is 0 Å². The van der Waals surface area contributed by atoms with E-state index in [1.54, 1.807) is 6.20 Å². The maximum atomic E-state index is 5.56. The van der Waals surface area contributed by atoms with E-state index >= 15 is 0 Å². The Bertz CT molecular complexity index is 453. The molecule has 0 spiro atoms. The molecule has 0 aliphatic rings. The molecule has 2 aromatic rings. The Kier molecular flexibility index (Phi) is 3.54. The Hall–Kier alpha value is -1.39. The lowest BCUT2D eigenvalue weighted by Gasteiger charge is -2.04. The van der Waals surface area contributed by atoms with Crippen LogP contribution in [0.15, 0.2) is 47.1 Å². The van der Waals surface area contributed by atoms with E-state index < -0.39 is 0 Å². The minimum atomic E-state index is 0.492. The van der Waals surface area contributed by atoms with E-state index in [0.717, 1.165) is 15.8 Å². The topological polar surface area (TPSA) is 48.1 Å². The normalized spacial score (nSPS) is 10.1. The molecule has 0 unspecified atom stereocenters. The van der Waals surface area contributed by atoms with Gasteiger partial charge in [-0.05, 0) is 29.8 Å². The quantitative estimate of drug-likeness (QED) is 0.939. The summed E-state index contributed by atoms with van der Waals surface area (Å²) >= 11 is 3.36. The Morgan fingerprint density at radius 2 is 1.88 bits per heavy atom. The summed E-state index contributed by atoms with van der Waals surface area (Å²) in [5, 5.41) is 0. The monoisotopic (exact) mass is 278 g/mol. The second-order valence-electron chi connectivity index (χ2n) is 3.26. The Balaban J connectivity index is 2.11. The molecule has 2 rings (SSSR count). The molecule has 0 aliphatic carbocycles. The lowest BCUT2D eigenvalue weighted by Crippen LogP contribution is -1.97. The van der Waals surface area contributed by atoms with Crippen LogP contribution in [-0.2, 0) is 6.54 Å². The van der Waals surface area contributed by atoms with Crippen LogP contribution in [0.3, 0.4) is 0 Å². The van der Waals surface area contributed by atoms with E-state index in [2.05, 4.69) is 20.9 Å². The van der Waals surface area contributed by atoms with Crippen molar-refractivity contribution >= 4 is 15.9 Å². The third-order valence-electron chi connectivity index (χ3n) is 2.07. The maximum Gasteiger partial charge on any atom is 0.219 e.